The van der Waals surface area contributed by atoms with Crippen molar-refractivity contribution in [2.75, 3.05) is 23.8 Å². The van der Waals surface area contributed by atoms with E-state index in [1.165, 1.54) is 27.8 Å². The molecule has 2 nitrogen and oxygen atoms in total. The molecule has 1 atom stereocenters. The fourth-order valence-corrected chi connectivity index (χ4v) is 3.05. The molecule has 0 radical (unpaired) electrons. The van der Waals surface area contributed by atoms with Gasteiger partial charge in [0.1, 0.15) is 0 Å². The maximum absolute atomic E-state index is 3.65. The van der Waals surface area contributed by atoms with E-state index < -0.39 is 0 Å². The van der Waals surface area contributed by atoms with Gasteiger partial charge in [-0.05, 0) is 47.0 Å². The van der Waals surface area contributed by atoms with Crippen LogP contribution in [0.15, 0.2) is 16.6 Å². The molecule has 1 aromatic rings. The summed E-state index contributed by atoms with van der Waals surface area (Å²) >= 11 is 3.65. The zero-order chi connectivity index (χ0) is 11.0. The predicted molar refractivity (Wildman–Crippen MR) is 69.9 cm³/mol. The molecule has 15 heavy (non-hydrogen) atoms. The number of benzene rings is 1. The molecular formula is C12H17BrN2. The summed E-state index contributed by atoms with van der Waals surface area (Å²) in [5.74, 6) is 0. The van der Waals surface area contributed by atoms with Crippen LogP contribution in [0, 0.1) is 6.92 Å². The number of hydrogen-bond acceptors (Lipinski definition) is 2. The molecule has 0 saturated heterocycles. The largest absolute Gasteiger partial charge is 0.381 e. The van der Waals surface area contributed by atoms with Crippen molar-refractivity contribution in [2.24, 2.45) is 0 Å². The first-order valence-electron chi connectivity index (χ1n) is 5.40. The maximum atomic E-state index is 3.65. The van der Waals surface area contributed by atoms with E-state index in [-0.39, 0.29) is 0 Å². The molecule has 0 spiro atoms. The normalized spacial score (nSPS) is 19.7. The lowest BCUT2D eigenvalue weighted by Crippen LogP contribution is -2.41. The van der Waals surface area contributed by atoms with E-state index >= 15 is 0 Å². The molecule has 3 heteroatoms. The predicted octanol–water partition coefficient (Wildman–Crippen LogP) is 3.40. The molecule has 0 aliphatic carbocycles. The zero-order valence-electron chi connectivity index (χ0n) is 9.47. The minimum Gasteiger partial charge on any atom is -0.381 e. The first-order chi connectivity index (χ1) is 7.13. The number of aryl methyl sites for hydroxylation is 1. The lowest BCUT2D eigenvalue weighted by molar-refractivity contribution is 0.621. The average Bonchev–Trinajstić information content (AvgIpc) is 2.17. The van der Waals surface area contributed by atoms with E-state index in [0.29, 0.717) is 6.04 Å². The second-order valence-electron chi connectivity index (χ2n) is 4.20. The number of rotatable bonds is 1. The van der Waals surface area contributed by atoms with Gasteiger partial charge in [-0.15, -0.1) is 0 Å². The van der Waals surface area contributed by atoms with Gasteiger partial charge >= 0.3 is 0 Å². The standard InChI is InChI=1S/C12H17BrN2/c1-4-9-7-14-11-6-8(2)5-10(13)12(11)15(9)3/h5-6,9,14H,4,7H2,1-3H3. The van der Waals surface area contributed by atoms with Crippen LogP contribution < -0.4 is 10.2 Å². The van der Waals surface area contributed by atoms with E-state index in [1.807, 2.05) is 0 Å². The van der Waals surface area contributed by atoms with Gasteiger partial charge in [0, 0.05) is 24.1 Å². The molecule has 1 unspecified atom stereocenters. The minimum absolute atomic E-state index is 0.594. The van der Waals surface area contributed by atoms with Gasteiger partial charge < -0.3 is 10.2 Å². The summed E-state index contributed by atoms with van der Waals surface area (Å²) in [7, 11) is 2.17. The third-order valence-corrected chi connectivity index (χ3v) is 3.71. The topological polar surface area (TPSA) is 15.3 Å². The lowest BCUT2D eigenvalue weighted by Gasteiger charge is -2.37. The van der Waals surface area contributed by atoms with Crippen LogP contribution in [-0.4, -0.2) is 19.6 Å². The fourth-order valence-electron chi connectivity index (χ4n) is 2.19. The number of nitrogens with one attached hydrogen (secondary N) is 1. The van der Waals surface area contributed by atoms with Crippen molar-refractivity contribution < 1.29 is 0 Å². The number of halogens is 1. The monoisotopic (exact) mass is 268 g/mol. The Balaban J connectivity index is 2.47. The van der Waals surface area contributed by atoms with Gasteiger partial charge in [0.2, 0.25) is 0 Å². The van der Waals surface area contributed by atoms with Gasteiger partial charge in [-0.2, -0.15) is 0 Å². The molecule has 82 valence electrons. The second-order valence-corrected chi connectivity index (χ2v) is 5.05. The molecule has 1 N–H and O–H groups in total. The fraction of sp³-hybridized carbons (Fsp3) is 0.500. The summed E-state index contributed by atoms with van der Waals surface area (Å²) in [6, 6.07) is 4.98. The highest BCUT2D eigenvalue weighted by Crippen LogP contribution is 2.38. The Morgan fingerprint density at radius 1 is 1.53 bits per heavy atom. The number of fused-ring (bicyclic) bond motifs is 1. The van der Waals surface area contributed by atoms with Crippen LogP contribution in [0.5, 0.6) is 0 Å². The first-order valence-corrected chi connectivity index (χ1v) is 6.19. The van der Waals surface area contributed by atoms with Crippen LogP contribution >= 0.6 is 15.9 Å². The first kappa shape index (κ1) is 10.8. The number of anilines is 2. The Labute approximate surface area is 99.8 Å². The van der Waals surface area contributed by atoms with Crippen molar-refractivity contribution >= 4 is 27.3 Å². The van der Waals surface area contributed by atoms with Crippen LogP contribution in [0.4, 0.5) is 11.4 Å². The highest BCUT2D eigenvalue weighted by Gasteiger charge is 2.23. The van der Waals surface area contributed by atoms with E-state index in [1.54, 1.807) is 0 Å². The second kappa shape index (κ2) is 4.05. The van der Waals surface area contributed by atoms with Crippen molar-refractivity contribution in [2.45, 2.75) is 26.3 Å². The summed E-state index contributed by atoms with van der Waals surface area (Å²) in [4.78, 5) is 2.37. The van der Waals surface area contributed by atoms with Gasteiger partial charge in [0.15, 0.2) is 0 Å². The Morgan fingerprint density at radius 3 is 2.93 bits per heavy atom. The van der Waals surface area contributed by atoms with E-state index in [9.17, 15) is 0 Å². The Bertz CT molecular complexity index is 376. The van der Waals surface area contributed by atoms with Crippen molar-refractivity contribution in [3.63, 3.8) is 0 Å². The molecular weight excluding hydrogens is 252 g/mol. The van der Waals surface area contributed by atoms with E-state index in [2.05, 4.69) is 59.2 Å². The highest BCUT2D eigenvalue weighted by atomic mass is 79.9. The van der Waals surface area contributed by atoms with Crippen molar-refractivity contribution in [3.8, 4) is 0 Å². The van der Waals surface area contributed by atoms with Gasteiger partial charge in [0.25, 0.3) is 0 Å². The molecule has 1 aromatic carbocycles. The molecule has 0 aromatic heterocycles. The summed E-state index contributed by atoms with van der Waals surface area (Å²) in [6.07, 6.45) is 1.17. The van der Waals surface area contributed by atoms with Crippen molar-refractivity contribution in [1.82, 2.24) is 0 Å². The Kier molecular flexibility index (Phi) is 2.91. The molecule has 0 saturated carbocycles. The molecule has 1 aliphatic heterocycles. The SMILES string of the molecule is CCC1CNc2cc(C)cc(Br)c2N1C. The molecule has 0 bridgehead atoms. The number of hydrogen-bond donors (Lipinski definition) is 1. The smallest absolute Gasteiger partial charge is 0.0747 e. The quantitative estimate of drug-likeness (QED) is 0.840. The maximum Gasteiger partial charge on any atom is 0.0747 e. The molecule has 0 fully saturated rings. The van der Waals surface area contributed by atoms with Crippen molar-refractivity contribution in [1.29, 1.82) is 0 Å². The van der Waals surface area contributed by atoms with Gasteiger partial charge in [-0.3, -0.25) is 0 Å². The minimum atomic E-state index is 0.594. The van der Waals surface area contributed by atoms with E-state index in [4.69, 9.17) is 0 Å². The summed E-state index contributed by atoms with van der Waals surface area (Å²) in [5, 5.41) is 3.50. The molecule has 1 heterocycles. The molecule has 0 amide bonds. The zero-order valence-corrected chi connectivity index (χ0v) is 11.1. The number of likely N-dealkylation sites (N-methyl/N-ethyl adjacent to an activating group) is 1. The Hall–Kier alpha value is -0.700. The summed E-state index contributed by atoms with van der Waals surface area (Å²) in [5.41, 5.74) is 3.82. The van der Waals surface area contributed by atoms with E-state index in [0.717, 1.165) is 6.54 Å². The third kappa shape index (κ3) is 1.85. The molecule has 2 rings (SSSR count). The molecule has 1 aliphatic rings. The average molecular weight is 269 g/mol. The van der Waals surface area contributed by atoms with Crippen LogP contribution in [0.25, 0.3) is 0 Å². The van der Waals surface area contributed by atoms with Gasteiger partial charge in [-0.1, -0.05) is 6.92 Å². The van der Waals surface area contributed by atoms with Crippen LogP contribution in [0.1, 0.15) is 18.9 Å². The van der Waals surface area contributed by atoms with Crippen LogP contribution in [0.2, 0.25) is 0 Å². The lowest BCUT2D eigenvalue weighted by atomic mass is 10.1. The Morgan fingerprint density at radius 2 is 2.27 bits per heavy atom. The van der Waals surface area contributed by atoms with Crippen LogP contribution in [-0.2, 0) is 0 Å². The summed E-state index contributed by atoms with van der Waals surface area (Å²) < 4.78 is 1.19. The van der Waals surface area contributed by atoms with Gasteiger partial charge in [-0.25, -0.2) is 0 Å². The van der Waals surface area contributed by atoms with Crippen LogP contribution in [0.3, 0.4) is 0 Å². The van der Waals surface area contributed by atoms with Gasteiger partial charge in [0.05, 0.1) is 11.4 Å². The van der Waals surface area contributed by atoms with Crippen molar-refractivity contribution in [3.05, 3.63) is 22.2 Å². The third-order valence-electron chi connectivity index (χ3n) is 3.11. The number of nitrogens with zero attached hydrogens (tertiary/aromatic N) is 1. The summed E-state index contributed by atoms with van der Waals surface area (Å²) in [6.45, 7) is 5.39. The highest BCUT2D eigenvalue weighted by molar-refractivity contribution is 9.10.